The van der Waals surface area contributed by atoms with E-state index >= 15 is 0 Å². The number of hydrogen-bond donors (Lipinski definition) is 6. The average molecular weight is 519 g/mol. The van der Waals surface area contributed by atoms with Crippen LogP contribution in [0.25, 0.3) is 0 Å². The molecule has 24 heavy (non-hydrogen) atoms. The second-order valence-corrected chi connectivity index (χ2v) is 4.86. The number of nitrogens with one attached hydrogen (secondary N) is 1. The summed E-state index contributed by atoms with van der Waals surface area (Å²) in [4.78, 5) is 32.0. The molecule has 0 aromatic rings. The summed E-state index contributed by atoms with van der Waals surface area (Å²) >= 11 is 0. The largest absolute Gasteiger partial charge is 0.369 e. The van der Waals surface area contributed by atoms with Crippen molar-refractivity contribution < 1.29 is 35.4 Å². The Balaban J connectivity index is -0.0000000943. The fourth-order valence-electron chi connectivity index (χ4n) is 1.36. The summed E-state index contributed by atoms with van der Waals surface area (Å²) in [7, 11) is 0. The van der Waals surface area contributed by atoms with Crippen molar-refractivity contribution in [3.8, 4) is 0 Å². The van der Waals surface area contributed by atoms with Crippen LogP contribution in [0.5, 0.6) is 0 Å². The quantitative estimate of drug-likeness (QED) is 0.111. The van der Waals surface area contributed by atoms with E-state index in [4.69, 9.17) is 17.3 Å². The van der Waals surface area contributed by atoms with Crippen molar-refractivity contribution in [2.75, 3.05) is 0 Å². The standard InChI is InChI=1S/C8H17N3O2.C5H11NO.CH3.H4N2.W/c1-3-6(7(9)12)4-5(2)8(13)11-10;1-3-4(2)5(6)7;;1-2;/h5-6H,3-4,10H2,1-2H3,(H2,9,12)(H,11,13);4H,3H2,1-2H3,(H2,6,7);1H3;1-2H2;/q;;-1;;. The minimum absolute atomic E-state index is 0. The van der Waals surface area contributed by atoms with E-state index in [0.717, 1.165) is 6.42 Å². The van der Waals surface area contributed by atoms with Gasteiger partial charge in [-0.05, 0) is 19.3 Å². The first-order valence-electron chi connectivity index (χ1n) is 7.13. The van der Waals surface area contributed by atoms with Crippen molar-refractivity contribution in [1.82, 2.24) is 5.43 Å². The fraction of sp³-hybridized carbons (Fsp3) is 0.714. The molecular weight excluding hydrogens is 484 g/mol. The van der Waals surface area contributed by atoms with Crippen LogP contribution < -0.4 is 34.4 Å². The van der Waals surface area contributed by atoms with E-state index in [9.17, 15) is 14.4 Å². The molecule has 0 saturated heterocycles. The molecule has 0 aromatic heterocycles. The summed E-state index contributed by atoms with van der Waals surface area (Å²) in [6.45, 7) is 7.34. The first kappa shape index (κ1) is 34.3. The minimum atomic E-state index is -0.362. The Morgan fingerprint density at radius 2 is 1.33 bits per heavy atom. The van der Waals surface area contributed by atoms with Crippen molar-refractivity contribution in [2.24, 2.45) is 46.7 Å². The Bertz CT molecular complexity index is 332. The Hall–Kier alpha value is -1.02. The first-order chi connectivity index (χ1) is 10.2. The van der Waals surface area contributed by atoms with Crippen molar-refractivity contribution in [3.63, 3.8) is 0 Å². The normalized spacial score (nSPS) is 12.1. The number of nitrogens with two attached hydrogens (primary N) is 5. The maximum atomic E-state index is 11.0. The van der Waals surface area contributed by atoms with Crippen molar-refractivity contribution in [3.05, 3.63) is 7.43 Å². The Morgan fingerprint density at radius 1 is 0.917 bits per heavy atom. The van der Waals surface area contributed by atoms with Crippen LogP contribution in [-0.4, -0.2) is 17.7 Å². The summed E-state index contributed by atoms with van der Waals surface area (Å²) < 4.78 is 0. The fourth-order valence-corrected chi connectivity index (χ4v) is 1.36. The van der Waals surface area contributed by atoms with Crippen LogP contribution in [0.2, 0.25) is 0 Å². The smallest absolute Gasteiger partial charge is 0.236 e. The van der Waals surface area contributed by atoms with Gasteiger partial charge >= 0.3 is 0 Å². The van der Waals surface area contributed by atoms with Gasteiger partial charge in [0.25, 0.3) is 0 Å². The summed E-state index contributed by atoms with van der Waals surface area (Å²) in [5.41, 5.74) is 12.1. The van der Waals surface area contributed by atoms with Crippen molar-refractivity contribution in [2.45, 2.75) is 47.0 Å². The van der Waals surface area contributed by atoms with E-state index < -0.39 is 0 Å². The van der Waals surface area contributed by atoms with E-state index in [1.807, 2.05) is 26.2 Å². The Morgan fingerprint density at radius 3 is 1.50 bits per heavy atom. The zero-order chi connectivity index (χ0) is 18.3. The average Bonchev–Trinajstić information content (AvgIpc) is 2.52. The summed E-state index contributed by atoms with van der Waals surface area (Å²) in [6.07, 6.45) is 1.95. The Kier molecular flexibility index (Phi) is 31.4. The van der Waals surface area contributed by atoms with Gasteiger partial charge in [-0.1, -0.05) is 27.7 Å². The molecule has 0 aromatic carbocycles. The third kappa shape index (κ3) is 19.0. The zero-order valence-electron chi connectivity index (χ0n) is 15.4. The zero-order valence-corrected chi connectivity index (χ0v) is 18.3. The van der Waals surface area contributed by atoms with Crippen molar-refractivity contribution in [1.29, 1.82) is 0 Å². The van der Waals surface area contributed by atoms with Gasteiger partial charge in [-0.3, -0.25) is 31.5 Å². The molecule has 10 heteroatoms. The van der Waals surface area contributed by atoms with E-state index in [1.165, 1.54) is 0 Å². The molecular formula is C14H35N6O3W-. The van der Waals surface area contributed by atoms with Gasteiger partial charge in [-0.25, -0.2) is 5.84 Å². The van der Waals surface area contributed by atoms with E-state index in [0.29, 0.717) is 12.8 Å². The predicted octanol–water partition coefficient (Wildman–Crippen LogP) is -0.702. The maximum Gasteiger partial charge on any atom is 0.236 e. The van der Waals surface area contributed by atoms with Gasteiger partial charge in [0.15, 0.2) is 0 Å². The van der Waals surface area contributed by atoms with Crippen LogP contribution in [0.1, 0.15) is 47.0 Å². The van der Waals surface area contributed by atoms with E-state index in [1.54, 1.807) is 6.92 Å². The second kappa shape index (κ2) is 22.0. The number of carbonyl (C=O) groups is 3. The summed E-state index contributed by atoms with van der Waals surface area (Å²) in [5.74, 6) is 11.6. The molecule has 9 nitrogen and oxygen atoms in total. The molecule has 0 aliphatic carbocycles. The monoisotopic (exact) mass is 519 g/mol. The SMILES string of the molecule is CCC(C)C(N)=O.CCC(CC(C)C(=O)NN)C(N)=O.NN.[CH3-].[W]. The molecule has 0 radical (unpaired) electrons. The maximum absolute atomic E-state index is 11.0. The van der Waals surface area contributed by atoms with Gasteiger partial charge in [0.1, 0.15) is 0 Å². The van der Waals surface area contributed by atoms with E-state index in [2.05, 4.69) is 11.7 Å². The molecule has 3 atom stereocenters. The molecule has 0 rings (SSSR count). The number of carbonyl (C=O) groups excluding carboxylic acids is 3. The van der Waals surface area contributed by atoms with Crippen molar-refractivity contribution >= 4 is 17.7 Å². The van der Waals surface area contributed by atoms with Crippen LogP contribution in [-0.2, 0) is 35.4 Å². The number of hydrogen-bond acceptors (Lipinski definition) is 6. The van der Waals surface area contributed by atoms with Gasteiger partial charge in [-0.2, -0.15) is 0 Å². The molecule has 3 amide bonds. The molecule has 0 heterocycles. The number of hydrazine groups is 2. The molecule has 146 valence electrons. The molecule has 0 aliphatic rings. The van der Waals surface area contributed by atoms with Crippen LogP contribution in [0.15, 0.2) is 0 Å². The molecule has 0 bridgehead atoms. The minimum Gasteiger partial charge on any atom is -0.369 e. The third-order valence-corrected chi connectivity index (χ3v) is 3.22. The third-order valence-electron chi connectivity index (χ3n) is 3.22. The van der Waals surface area contributed by atoms with Crippen LogP contribution in [0.4, 0.5) is 0 Å². The van der Waals surface area contributed by atoms with Gasteiger partial charge in [-0.15, -0.1) is 0 Å². The summed E-state index contributed by atoms with van der Waals surface area (Å²) in [5, 5.41) is 0. The van der Waals surface area contributed by atoms with Gasteiger partial charge in [0.2, 0.25) is 17.7 Å². The predicted molar refractivity (Wildman–Crippen MR) is 92.5 cm³/mol. The molecule has 0 saturated carbocycles. The number of amides is 3. The van der Waals surface area contributed by atoms with Gasteiger partial charge in [0, 0.05) is 38.8 Å². The molecule has 0 spiro atoms. The number of rotatable bonds is 7. The van der Waals surface area contributed by atoms with Crippen LogP contribution in [0.3, 0.4) is 0 Å². The number of primary amides is 2. The first-order valence-corrected chi connectivity index (χ1v) is 7.13. The molecule has 0 aliphatic heterocycles. The van der Waals surface area contributed by atoms with Gasteiger partial charge < -0.3 is 18.9 Å². The molecule has 0 fully saturated rings. The Labute approximate surface area is 160 Å². The topological polar surface area (TPSA) is 193 Å². The van der Waals surface area contributed by atoms with Crippen LogP contribution >= 0.6 is 0 Å². The summed E-state index contributed by atoms with van der Waals surface area (Å²) in [6, 6.07) is 0. The second-order valence-electron chi connectivity index (χ2n) is 4.86. The molecule has 3 unspecified atom stereocenters. The van der Waals surface area contributed by atoms with Gasteiger partial charge in [0.05, 0.1) is 0 Å². The van der Waals surface area contributed by atoms with E-state index in [-0.39, 0.29) is 64.0 Å². The van der Waals surface area contributed by atoms with Crippen LogP contribution in [0, 0.1) is 25.2 Å². The molecule has 11 N–H and O–H groups in total.